The lowest BCUT2D eigenvalue weighted by Gasteiger charge is -2.17. The fourth-order valence-corrected chi connectivity index (χ4v) is 3.68. The first kappa shape index (κ1) is 15.5. The summed E-state index contributed by atoms with van der Waals surface area (Å²) in [6.45, 7) is 3.83. The van der Waals surface area contributed by atoms with Crippen molar-refractivity contribution in [2.45, 2.75) is 31.2 Å². The lowest BCUT2D eigenvalue weighted by molar-refractivity contribution is 0.595. The van der Waals surface area contributed by atoms with Crippen LogP contribution in [0.3, 0.4) is 0 Å². The van der Waals surface area contributed by atoms with Crippen LogP contribution in [0, 0.1) is 0 Å². The molecule has 2 rings (SSSR count). The van der Waals surface area contributed by atoms with Crippen molar-refractivity contribution in [1.29, 1.82) is 0 Å². The number of hydrogen-bond donors (Lipinski definition) is 1. The van der Waals surface area contributed by atoms with Crippen LogP contribution in [0.4, 0.5) is 5.69 Å². The predicted molar refractivity (Wildman–Crippen MR) is 85.1 cm³/mol. The lowest BCUT2D eigenvalue weighted by atomic mass is 10.2. The first-order valence-corrected chi connectivity index (χ1v) is 8.69. The Kier molecular flexibility index (Phi) is 4.96. The number of nitrogens with zero attached hydrogens (tertiary/aromatic N) is 1. The van der Waals surface area contributed by atoms with E-state index in [2.05, 4.69) is 10.3 Å². The molecular formula is C16H20N2O2S. The van der Waals surface area contributed by atoms with E-state index in [-0.39, 0.29) is 11.8 Å². The zero-order valence-electron chi connectivity index (χ0n) is 12.3. The maximum absolute atomic E-state index is 12.3. The van der Waals surface area contributed by atoms with Gasteiger partial charge in [-0.2, -0.15) is 0 Å². The van der Waals surface area contributed by atoms with E-state index in [9.17, 15) is 8.42 Å². The topological polar surface area (TPSA) is 59.1 Å². The normalized spacial score (nSPS) is 12.9. The van der Waals surface area contributed by atoms with Gasteiger partial charge in [-0.15, -0.1) is 0 Å². The average Bonchev–Trinajstić information content (AvgIpc) is 2.48. The SMILES string of the molecule is CCCS(=O)(=O)c1ccccc1NC(C)c1ccccn1. The maximum atomic E-state index is 12.3. The van der Waals surface area contributed by atoms with Crippen LogP contribution in [-0.2, 0) is 9.84 Å². The zero-order chi connectivity index (χ0) is 15.3. The molecule has 1 aromatic heterocycles. The van der Waals surface area contributed by atoms with Crippen LogP contribution in [0.25, 0.3) is 0 Å². The molecule has 4 nitrogen and oxygen atoms in total. The maximum Gasteiger partial charge on any atom is 0.180 e. The molecule has 0 spiro atoms. The van der Waals surface area contributed by atoms with Gasteiger partial charge in [0.2, 0.25) is 0 Å². The van der Waals surface area contributed by atoms with Gasteiger partial charge in [-0.1, -0.05) is 25.1 Å². The van der Waals surface area contributed by atoms with Gasteiger partial charge in [-0.05, 0) is 37.6 Å². The Bertz CT molecular complexity index is 684. The monoisotopic (exact) mass is 304 g/mol. The molecule has 1 atom stereocenters. The van der Waals surface area contributed by atoms with Crippen molar-refractivity contribution in [2.75, 3.05) is 11.1 Å². The van der Waals surface area contributed by atoms with Crippen LogP contribution >= 0.6 is 0 Å². The van der Waals surface area contributed by atoms with Gasteiger partial charge in [0.1, 0.15) is 0 Å². The quantitative estimate of drug-likeness (QED) is 0.888. The van der Waals surface area contributed by atoms with E-state index >= 15 is 0 Å². The van der Waals surface area contributed by atoms with Crippen molar-refractivity contribution in [3.05, 3.63) is 54.4 Å². The summed E-state index contributed by atoms with van der Waals surface area (Å²) < 4.78 is 24.6. The van der Waals surface area contributed by atoms with Crippen LogP contribution in [0.2, 0.25) is 0 Å². The molecule has 0 saturated carbocycles. The fraction of sp³-hybridized carbons (Fsp3) is 0.312. The Morgan fingerprint density at radius 2 is 1.86 bits per heavy atom. The Balaban J connectivity index is 2.29. The van der Waals surface area contributed by atoms with Crippen LogP contribution < -0.4 is 5.32 Å². The van der Waals surface area contributed by atoms with Gasteiger partial charge in [0.05, 0.1) is 28.1 Å². The van der Waals surface area contributed by atoms with E-state index in [0.717, 1.165) is 5.69 Å². The molecule has 0 saturated heterocycles. The molecule has 5 heteroatoms. The molecular weight excluding hydrogens is 284 g/mol. The van der Waals surface area contributed by atoms with Gasteiger partial charge in [0, 0.05) is 6.20 Å². The van der Waals surface area contributed by atoms with Gasteiger partial charge in [-0.25, -0.2) is 8.42 Å². The number of sulfone groups is 1. The molecule has 0 aliphatic carbocycles. The van der Waals surface area contributed by atoms with Gasteiger partial charge < -0.3 is 5.32 Å². The van der Waals surface area contributed by atoms with Crippen molar-refractivity contribution >= 4 is 15.5 Å². The van der Waals surface area contributed by atoms with Crippen molar-refractivity contribution in [2.24, 2.45) is 0 Å². The van der Waals surface area contributed by atoms with Crippen LogP contribution in [0.15, 0.2) is 53.6 Å². The molecule has 1 heterocycles. The summed E-state index contributed by atoms with van der Waals surface area (Å²) in [4.78, 5) is 4.65. The third-order valence-corrected chi connectivity index (χ3v) is 5.17. The number of aromatic nitrogens is 1. The average molecular weight is 304 g/mol. The molecule has 1 N–H and O–H groups in total. The minimum absolute atomic E-state index is 0.0656. The number of nitrogens with one attached hydrogen (secondary N) is 1. The Morgan fingerprint density at radius 1 is 1.14 bits per heavy atom. The van der Waals surface area contributed by atoms with Crippen LogP contribution in [0.1, 0.15) is 32.0 Å². The predicted octanol–water partition coefficient (Wildman–Crippen LogP) is 3.44. The van der Waals surface area contributed by atoms with E-state index < -0.39 is 9.84 Å². The van der Waals surface area contributed by atoms with Gasteiger partial charge in [0.25, 0.3) is 0 Å². The highest BCUT2D eigenvalue weighted by atomic mass is 32.2. The summed E-state index contributed by atoms with van der Waals surface area (Å²) in [5.74, 6) is 0.156. The van der Waals surface area contributed by atoms with Crippen LogP contribution in [-0.4, -0.2) is 19.2 Å². The van der Waals surface area contributed by atoms with E-state index in [1.807, 2.05) is 38.1 Å². The second-order valence-corrected chi connectivity index (χ2v) is 7.01. The molecule has 0 aliphatic rings. The van der Waals surface area contributed by atoms with Gasteiger partial charge >= 0.3 is 0 Å². The van der Waals surface area contributed by atoms with E-state index in [1.54, 1.807) is 24.4 Å². The lowest BCUT2D eigenvalue weighted by Crippen LogP contribution is -2.13. The molecule has 2 aromatic rings. The third kappa shape index (κ3) is 3.82. The minimum atomic E-state index is -3.25. The first-order valence-electron chi connectivity index (χ1n) is 7.04. The molecule has 112 valence electrons. The Hall–Kier alpha value is -1.88. The molecule has 0 aliphatic heterocycles. The highest BCUT2D eigenvalue weighted by Crippen LogP contribution is 2.26. The molecule has 0 bridgehead atoms. The second kappa shape index (κ2) is 6.72. The summed E-state index contributed by atoms with van der Waals surface area (Å²) in [5, 5.41) is 3.25. The smallest absolute Gasteiger partial charge is 0.180 e. The molecule has 1 aromatic carbocycles. The van der Waals surface area contributed by atoms with Crippen molar-refractivity contribution in [3.8, 4) is 0 Å². The van der Waals surface area contributed by atoms with Gasteiger partial charge in [0.15, 0.2) is 9.84 Å². The highest BCUT2D eigenvalue weighted by molar-refractivity contribution is 7.91. The molecule has 0 amide bonds. The number of para-hydroxylation sites is 1. The van der Waals surface area contributed by atoms with E-state index in [0.29, 0.717) is 17.0 Å². The molecule has 0 radical (unpaired) electrons. The first-order chi connectivity index (χ1) is 10.0. The summed E-state index contributed by atoms with van der Waals surface area (Å²) in [5.41, 5.74) is 1.50. The van der Waals surface area contributed by atoms with Gasteiger partial charge in [-0.3, -0.25) is 4.98 Å². The summed E-state index contributed by atoms with van der Waals surface area (Å²) >= 11 is 0. The second-order valence-electron chi connectivity index (χ2n) is 4.94. The highest BCUT2D eigenvalue weighted by Gasteiger charge is 2.18. The van der Waals surface area contributed by atoms with Crippen molar-refractivity contribution in [3.63, 3.8) is 0 Å². The summed E-state index contributed by atoms with van der Waals surface area (Å²) in [7, 11) is -3.25. The number of benzene rings is 1. The van der Waals surface area contributed by atoms with Crippen LogP contribution in [0.5, 0.6) is 0 Å². The zero-order valence-corrected chi connectivity index (χ0v) is 13.1. The largest absolute Gasteiger partial charge is 0.376 e. The fourth-order valence-electron chi connectivity index (χ4n) is 2.18. The van der Waals surface area contributed by atoms with E-state index in [4.69, 9.17) is 0 Å². The Labute approximate surface area is 126 Å². The van der Waals surface area contributed by atoms with E-state index in [1.165, 1.54) is 0 Å². The molecule has 0 fully saturated rings. The standard InChI is InChI=1S/C16H20N2O2S/c1-3-12-21(19,20)16-10-5-4-9-15(16)18-13(2)14-8-6-7-11-17-14/h4-11,13,18H,3,12H2,1-2H3. The number of anilines is 1. The number of hydrogen-bond acceptors (Lipinski definition) is 4. The number of rotatable bonds is 6. The number of pyridine rings is 1. The molecule has 21 heavy (non-hydrogen) atoms. The third-order valence-electron chi connectivity index (χ3n) is 3.20. The van der Waals surface area contributed by atoms with Crippen molar-refractivity contribution in [1.82, 2.24) is 4.98 Å². The minimum Gasteiger partial charge on any atom is -0.376 e. The Morgan fingerprint density at radius 3 is 2.52 bits per heavy atom. The summed E-state index contributed by atoms with van der Waals surface area (Å²) in [6, 6.07) is 12.7. The summed E-state index contributed by atoms with van der Waals surface area (Å²) in [6.07, 6.45) is 2.33. The van der Waals surface area contributed by atoms with Crippen molar-refractivity contribution < 1.29 is 8.42 Å². The molecule has 1 unspecified atom stereocenters.